The van der Waals surface area contributed by atoms with Crippen molar-refractivity contribution in [3.05, 3.63) is 145 Å². The Kier molecular flexibility index (Phi) is 6.62. The summed E-state index contributed by atoms with van der Waals surface area (Å²) in [5.41, 5.74) is 9.90. The number of esters is 1. The second-order valence-electron chi connectivity index (χ2n) is 11.1. The minimum absolute atomic E-state index is 0.359. The van der Waals surface area contributed by atoms with E-state index in [1.807, 2.05) is 12.1 Å². The minimum atomic E-state index is -0.359. The first kappa shape index (κ1) is 27.2. The van der Waals surface area contributed by atoms with E-state index < -0.39 is 0 Å². The van der Waals surface area contributed by atoms with Crippen molar-refractivity contribution >= 4 is 56.5 Å². The highest BCUT2D eigenvalue weighted by Crippen LogP contribution is 2.53. The van der Waals surface area contributed by atoms with Crippen LogP contribution in [0.4, 0.5) is 17.1 Å². The number of carbonyl (C=O) groups excluding carboxylic acids is 1. The van der Waals surface area contributed by atoms with Crippen LogP contribution in [0.3, 0.4) is 0 Å². The lowest BCUT2D eigenvalue weighted by Crippen LogP contribution is -2.15. The average molecular weight is 601 g/mol. The molecule has 0 radical (unpaired) electrons. The third-order valence-electron chi connectivity index (χ3n) is 8.50. The largest absolute Gasteiger partial charge is 0.465 e. The molecule has 0 amide bonds. The molecule has 1 aromatic heterocycles. The fourth-order valence-corrected chi connectivity index (χ4v) is 7.41. The summed E-state index contributed by atoms with van der Waals surface area (Å²) in [5, 5.41) is 3.50. The van der Waals surface area contributed by atoms with Crippen molar-refractivity contribution in [2.45, 2.75) is 16.7 Å². The van der Waals surface area contributed by atoms with Gasteiger partial charge in [0, 0.05) is 20.7 Å². The van der Waals surface area contributed by atoms with Crippen LogP contribution in [0.1, 0.15) is 15.9 Å². The van der Waals surface area contributed by atoms with E-state index >= 15 is 0 Å². The van der Waals surface area contributed by atoms with Gasteiger partial charge in [-0.05, 0) is 82.9 Å². The number of anilines is 3. The Bertz CT molecular complexity index is 2230. The predicted molar refractivity (Wildman–Crippen MR) is 185 cm³/mol. The summed E-state index contributed by atoms with van der Waals surface area (Å²) in [6.45, 7) is 2.17. The summed E-state index contributed by atoms with van der Waals surface area (Å²) in [4.78, 5) is 22.4. The Morgan fingerprint density at radius 3 is 2.09 bits per heavy atom. The molecule has 0 fully saturated rings. The molecule has 5 heteroatoms. The summed E-state index contributed by atoms with van der Waals surface area (Å²) in [5.74, 6) is -0.359. The van der Waals surface area contributed by atoms with E-state index in [-0.39, 0.29) is 5.97 Å². The predicted octanol–water partition coefficient (Wildman–Crippen LogP) is 10.8. The zero-order valence-corrected chi connectivity index (χ0v) is 25.6. The van der Waals surface area contributed by atoms with Gasteiger partial charge >= 0.3 is 5.97 Å². The Morgan fingerprint density at radius 1 is 0.689 bits per heavy atom. The topological polar surface area (TPSA) is 42.4 Å². The fourth-order valence-electron chi connectivity index (χ4n) is 6.36. The number of aryl methyl sites for hydroxylation is 1. The van der Waals surface area contributed by atoms with Crippen molar-refractivity contribution < 1.29 is 9.53 Å². The molecule has 1 aliphatic heterocycles. The van der Waals surface area contributed by atoms with Crippen molar-refractivity contribution in [2.24, 2.45) is 0 Å². The molecule has 0 atom stereocenters. The molecule has 0 N–H and O–H groups in total. The summed E-state index contributed by atoms with van der Waals surface area (Å²) in [7, 11) is 1.40. The highest BCUT2D eigenvalue weighted by atomic mass is 32.2. The normalized spacial score (nSPS) is 12.2. The van der Waals surface area contributed by atoms with E-state index in [0.717, 1.165) is 55.9 Å². The number of benzene rings is 6. The lowest BCUT2D eigenvalue weighted by Gasteiger charge is -2.33. The highest BCUT2D eigenvalue weighted by Gasteiger charge is 2.27. The number of para-hydroxylation sites is 2. The van der Waals surface area contributed by atoms with Gasteiger partial charge in [-0.1, -0.05) is 96.7 Å². The SMILES string of the molecule is COC(=O)c1ccc(-c2cc(-c3cccc4ccccc34)c3c(C)ccc(N4c5ccccc5Sc5ccccc54)c3n2)cc1. The van der Waals surface area contributed by atoms with Gasteiger partial charge < -0.3 is 9.64 Å². The molecular weight excluding hydrogens is 573 g/mol. The number of methoxy groups -OCH3 is 1. The van der Waals surface area contributed by atoms with E-state index in [1.165, 1.54) is 27.7 Å². The zero-order chi connectivity index (χ0) is 30.5. The molecule has 216 valence electrons. The lowest BCUT2D eigenvalue weighted by atomic mass is 9.91. The Hall–Kier alpha value is -5.39. The van der Waals surface area contributed by atoms with Crippen LogP contribution in [-0.4, -0.2) is 18.1 Å². The van der Waals surface area contributed by atoms with Crippen LogP contribution < -0.4 is 4.90 Å². The maximum absolute atomic E-state index is 12.2. The number of nitrogens with zero attached hydrogens (tertiary/aromatic N) is 2. The van der Waals surface area contributed by atoms with Crippen molar-refractivity contribution in [3.8, 4) is 22.4 Å². The summed E-state index contributed by atoms with van der Waals surface area (Å²) in [6.07, 6.45) is 0. The first-order valence-electron chi connectivity index (χ1n) is 14.9. The maximum Gasteiger partial charge on any atom is 0.337 e. The summed E-state index contributed by atoms with van der Waals surface area (Å²) in [6, 6.07) is 46.3. The molecular formula is C40H28N2O2S. The number of ether oxygens (including phenoxy) is 1. The second-order valence-corrected chi connectivity index (χ2v) is 12.2. The first-order valence-corrected chi connectivity index (χ1v) is 15.7. The van der Waals surface area contributed by atoms with Gasteiger partial charge in [0.25, 0.3) is 0 Å². The molecule has 4 nitrogen and oxygen atoms in total. The fraction of sp³-hybridized carbons (Fsp3) is 0.0500. The average Bonchev–Trinajstić information content (AvgIpc) is 3.10. The zero-order valence-electron chi connectivity index (χ0n) is 24.8. The maximum atomic E-state index is 12.2. The van der Waals surface area contributed by atoms with Crippen LogP contribution in [0, 0.1) is 6.92 Å². The third-order valence-corrected chi connectivity index (χ3v) is 9.63. The van der Waals surface area contributed by atoms with Crippen LogP contribution in [0.2, 0.25) is 0 Å². The highest BCUT2D eigenvalue weighted by molar-refractivity contribution is 7.99. The van der Waals surface area contributed by atoms with Crippen LogP contribution in [0.25, 0.3) is 44.1 Å². The molecule has 0 spiro atoms. The Morgan fingerprint density at radius 2 is 1.36 bits per heavy atom. The van der Waals surface area contributed by atoms with Crippen molar-refractivity contribution in [3.63, 3.8) is 0 Å². The monoisotopic (exact) mass is 600 g/mol. The number of carbonyl (C=O) groups is 1. The molecule has 1 aliphatic rings. The number of fused-ring (bicyclic) bond motifs is 4. The van der Waals surface area contributed by atoms with Crippen LogP contribution in [-0.2, 0) is 4.74 Å². The van der Waals surface area contributed by atoms with Crippen molar-refractivity contribution in [1.29, 1.82) is 0 Å². The standard InChI is InChI=1S/C40H28N2O2S/c1-25-18-23-35(42-33-14-5-7-16-36(33)45-37-17-8-6-15-34(37)42)39-38(25)31(30-13-9-11-26-10-3-4-12-29(26)30)24-32(41-39)27-19-21-28(22-20-27)40(43)44-2/h3-24H,1-2H3. The Balaban J connectivity index is 1.46. The molecule has 0 saturated carbocycles. The second kappa shape index (κ2) is 11.0. The number of hydrogen-bond acceptors (Lipinski definition) is 5. The molecule has 0 bridgehead atoms. The molecule has 0 aliphatic carbocycles. The molecule has 2 heterocycles. The first-order chi connectivity index (χ1) is 22.1. The Labute approximate surface area is 265 Å². The molecule has 0 unspecified atom stereocenters. The number of aromatic nitrogens is 1. The van der Waals surface area contributed by atoms with Gasteiger partial charge in [0.1, 0.15) is 0 Å². The van der Waals surface area contributed by atoms with Gasteiger partial charge in [-0.3, -0.25) is 0 Å². The van der Waals surface area contributed by atoms with Crippen molar-refractivity contribution in [2.75, 3.05) is 12.0 Å². The van der Waals surface area contributed by atoms with Gasteiger partial charge in [0.15, 0.2) is 0 Å². The van der Waals surface area contributed by atoms with Gasteiger partial charge in [-0.2, -0.15) is 0 Å². The molecule has 7 aromatic rings. The number of hydrogen-bond donors (Lipinski definition) is 0. The smallest absolute Gasteiger partial charge is 0.337 e. The van der Waals surface area contributed by atoms with E-state index in [1.54, 1.807) is 23.9 Å². The lowest BCUT2D eigenvalue weighted by molar-refractivity contribution is 0.0600. The van der Waals surface area contributed by atoms with Crippen LogP contribution >= 0.6 is 11.8 Å². The van der Waals surface area contributed by atoms with Crippen LogP contribution in [0.5, 0.6) is 0 Å². The van der Waals surface area contributed by atoms with E-state index in [9.17, 15) is 4.79 Å². The summed E-state index contributed by atoms with van der Waals surface area (Å²) >= 11 is 1.80. The van der Waals surface area contributed by atoms with E-state index in [4.69, 9.17) is 9.72 Å². The van der Waals surface area contributed by atoms with Crippen LogP contribution in [0.15, 0.2) is 143 Å². The number of rotatable bonds is 4. The quantitative estimate of drug-likeness (QED) is 0.188. The van der Waals surface area contributed by atoms with Gasteiger partial charge in [0.05, 0.1) is 40.9 Å². The molecule has 45 heavy (non-hydrogen) atoms. The van der Waals surface area contributed by atoms with Gasteiger partial charge in [-0.15, -0.1) is 0 Å². The van der Waals surface area contributed by atoms with Gasteiger partial charge in [-0.25, -0.2) is 9.78 Å². The van der Waals surface area contributed by atoms with Crippen molar-refractivity contribution in [1.82, 2.24) is 4.98 Å². The number of pyridine rings is 1. The minimum Gasteiger partial charge on any atom is -0.465 e. The molecule has 8 rings (SSSR count). The van der Waals surface area contributed by atoms with E-state index in [2.05, 4.69) is 121 Å². The summed E-state index contributed by atoms with van der Waals surface area (Å²) < 4.78 is 4.95. The third kappa shape index (κ3) is 4.55. The van der Waals surface area contributed by atoms with E-state index in [0.29, 0.717) is 5.56 Å². The molecule has 0 saturated heterocycles. The molecule has 6 aromatic carbocycles. The van der Waals surface area contributed by atoms with Gasteiger partial charge in [0.2, 0.25) is 0 Å².